The third-order valence-electron chi connectivity index (χ3n) is 4.83. The Hall–Kier alpha value is -3.36. The van der Waals surface area contributed by atoms with Crippen LogP contribution in [0.4, 0.5) is 0 Å². The minimum absolute atomic E-state index is 0. The van der Waals surface area contributed by atoms with E-state index in [4.69, 9.17) is 0 Å². The largest absolute Gasteiger partial charge is 0.506 e. The Morgan fingerprint density at radius 1 is 0.382 bits per heavy atom. The van der Waals surface area contributed by atoms with Crippen molar-refractivity contribution >= 4 is 32.7 Å². The first-order chi connectivity index (χ1) is 16.1. The second kappa shape index (κ2) is 12.2. The van der Waals surface area contributed by atoms with Gasteiger partial charge < -0.3 is 15.3 Å². The second-order valence-electron chi connectivity index (χ2n) is 7.06. The quantitative estimate of drug-likeness (QED) is 0.210. The van der Waals surface area contributed by atoms with E-state index in [2.05, 4.69) is 15.0 Å². The molecule has 0 spiro atoms. The Balaban J connectivity index is 0.000000141. The standard InChI is InChI=1S/3C9H7NO.Nd/c3*11-8-5-1-3-7-4-2-6-10-9(7)8;/h3*1-6,11H;. The van der Waals surface area contributed by atoms with E-state index in [1.807, 2.05) is 54.6 Å². The molecule has 0 saturated carbocycles. The molecule has 3 heterocycles. The van der Waals surface area contributed by atoms with Gasteiger partial charge in [-0.3, -0.25) is 15.0 Å². The predicted molar refractivity (Wildman–Crippen MR) is 130 cm³/mol. The molecule has 0 aliphatic heterocycles. The molecule has 34 heavy (non-hydrogen) atoms. The van der Waals surface area contributed by atoms with Crippen molar-refractivity contribution < 1.29 is 56.2 Å². The number of nitrogens with zero attached hydrogens (tertiary/aromatic N) is 3. The number of pyridine rings is 3. The van der Waals surface area contributed by atoms with E-state index in [9.17, 15) is 15.3 Å². The second-order valence-corrected chi connectivity index (χ2v) is 7.06. The fourth-order valence-electron chi connectivity index (χ4n) is 3.26. The predicted octanol–water partition coefficient (Wildman–Crippen LogP) is 5.82. The van der Waals surface area contributed by atoms with Gasteiger partial charge in [-0.2, -0.15) is 0 Å². The number of para-hydroxylation sites is 3. The van der Waals surface area contributed by atoms with E-state index < -0.39 is 0 Å². The van der Waals surface area contributed by atoms with Gasteiger partial charge in [-0.05, 0) is 36.4 Å². The summed E-state index contributed by atoms with van der Waals surface area (Å²) in [5, 5.41) is 30.8. The number of aromatic hydroxyl groups is 3. The van der Waals surface area contributed by atoms with Crippen LogP contribution in [0.25, 0.3) is 32.7 Å². The van der Waals surface area contributed by atoms with Gasteiger partial charge in [-0.25, -0.2) is 0 Å². The van der Waals surface area contributed by atoms with Crippen molar-refractivity contribution in [2.45, 2.75) is 0 Å². The molecule has 6 rings (SSSR count). The maximum Gasteiger partial charge on any atom is 0.141 e. The molecule has 0 aliphatic carbocycles. The van der Waals surface area contributed by atoms with Crippen LogP contribution in [0, 0.1) is 40.8 Å². The molecule has 0 fully saturated rings. The van der Waals surface area contributed by atoms with E-state index in [-0.39, 0.29) is 58.1 Å². The SMILES string of the molecule is Oc1cccc2cccnc12.Oc1cccc2cccnc12.Oc1cccc2cccnc12.[Nd]. The molecule has 0 bridgehead atoms. The summed E-state index contributed by atoms with van der Waals surface area (Å²) >= 11 is 0. The third kappa shape index (κ3) is 6.15. The number of hydrogen-bond acceptors (Lipinski definition) is 6. The molecular weight excluding hydrogens is 559 g/mol. The smallest absolute Gasteiger partial charge is 0.141 e. The van der Waals surface area contributed by atoms with Gasteiger partial charge in [-0.15, -0.1) is 0 Å². The molecule has 0 radical (unpaired) electrons. The average molecular weight is 580 g/mol. The molecule has 6 nitrogen and oxygen atoms in total. The number of phenolic OH excluding ortho intramolecular Hbond substituents is 3. The molecule has 6 aromatic rings. The van der Waals surface area contributed by atoms with Crippen LogP contribution in [0.2, 0.25) is 0 Å². The van der Waals surface area contributed by atoms with Crippen molar-refractivity contribution in [3.63, 3.8) is 0 Å². The molecule has 7 heteroatoms. The summed E-state index contributed by atoms with van der Waals surface area (Å²) < 4.78 is 0. The maximum absolute atomic E-state index is 9.31. The van der Waals surface area contributed by atoms with Crippen LogP contribution < -0.4 is 0 Å². The molecule has 0 aliphatic rings. The first-order valence-corrected chi connectivity index (χ1v) is 10.2. The van der Waals surface area contributed by atoms with Crippen LogP contribution in [-0.4, -0.2) is 30.3 Å². The summed E-state index contributed by atoms with van der Waals surface area (Å²) in [5.74, 6) is 0.717. The van der Waals surface area contributed by atoms with Crippen molar-refractivity contribution in [2.75, 3.05) is 0 Å². The van der Waals surface area contributed by atoms with E-state index in [1.54, 1.807) is 55.0 Å². The van der Waals surface area contributed by atoms with E-state index >= 15 is 0 Å². The first-order valence-electron chi connectivity index (χ1n) is 10.2. The summed E-state index contributed by atoms with van der Waals surface area (Å²) in [5.41, 5.74) is 1.99. The topological polar surface area (TPSA) is 99.4 Å². The molecule has 0 unspecified atom stereocenters. The Bertz CT molecular complexity index is 1330. The number of hydrogen-bond donors (Lipinski definition) is 3. The third-order valence-corrected chi connectivity index (χ3v) is 4.83. The summed E-state index contributed by atoms with van der Waals surface area (Å²) in [6, 6.07) is 27.4. The molecule has 3 N–H and O–H groups in total. The van der Waals surface area contributed by atoms with Crippen LogP contribution in [0.3, 0.4) is 0 Å². The Kier molecular flexibility index (Phi) is 9.07. The molecule has 0 saturated heterocycles. The van der Waals surface area contributed by atoms with Crippen LogP contribution in [0.5, 0.6) is 17.2 Å². The van der Waals surface area contributed by atoms with Crippen molar-refractivity contribution in [2.24, 2.45) is 0 Å². The van der Waals surface area contributed by atoms with E-state index in [0.717, 1.165) is 16.2 Å². The zero-order valence-electron chi connectivity index (χ0n) is 18.1. The van der Waals surface area contributed by atoms with Crippen molar-refractivity contribution in [3.8, 4) is 17.2 Å². The first kappa shape index (κ1) is 25.3. The van der Waals surface area contributed by atoms with Gasteiger partial charge in [0.1, 0.15) is 33.8 Å². The van der Waals surface area contributed by atoms with Crippen molar-refractivity contribution in [1.82, 2.24) is 15.0 Å². The summed E-state index contributed by atoms with van der Waals surface area (Å²) in [7, 11) is 0. The molecule has 3 aromatic carbocycles. The Morgan fingerprint density at radius 2 is 0.647 bits per heavy atom. The van der Waals surface area contributed by atoms with Gasteiger partial charge in [0.25, 0.3) is 0 Å². The molecular formula is C27H21N3NdO3. The minimum Gasteiger partial charge on any atom is -0.506 e. The zero-order valence-corrected chi connectivity index (χ0v) is 21.3. The van der Waals surface area contributed by atoms with Crippen LogP contribution >= 0.6 is 0 Å². The summed E-state index contributed by atoms with van der Waals surface area (Å²) in [6.45, 7) is 0. The van der Waals surface area contributed by atoms with Gasteiger partial charge in [0.05, 0.1) is 0 Å². The summed E-state index contributed by atoms with van der Waals surface area (Å²) in [6.07, 6.45) is 5.01. The van der Waals surface area contributed by atoms with Gasteiger partial charge >= 0.3 is 0 Å². The Morgan fingerprint density at radius 3 is 0.912 bits per heavy atom. The molecule has 0 amide bonds. The Labute approximate surface area is 229 Å². The number of fused-ring (bicyclic) bond motifs is 3. The van der Waals surface area contributed by atoms with E-state index in [0.29, 0.717) is 16.6 Å². The number of aromatic nitrogens is 3. The molecule has 0 atom stereocenters. The van der Waals surface area contributed by atoms with Crippen molar-refractivity contribution in [1.29, 1.82) is 0 Å². The van der Waals surface area contributed by atoms with Crippen LogP contribution in [0.1, 0.15) is 0 Å². The molecule has 3 aromatic heterocycles. The monoisotopic (exact) mass is 577 g/mol. The van der Waals surface area contributed by atoms with Gasteiger partial charge in [-0.1, -0.05) is 54.6 Å². The zero-order chi connectivity index (χ0) is 23.0. The van der Waals surface area contributed by atoms with Crippen molar-refractivity contribution in [3.05, 3.63) is 110 Å². The fraction of sp³-hybridized carbons (Fsp3) is 0. The number of phenols is 3. The van der Waals surface area contributed by atoms with Gasteiger partial charge in [0.2, 0.25) is 0 Å². The number of benzene rings is 3. The minimum atomic E-state index is 0. The maximum atomic E-state index is 9.31. The summed E-state index contributed by atoms with van der Waals surface area (Å²) in [4.78, 5) is 12.1. The van der Waals surface area contributed by atoms with Gasteiger partial charge in [0, 0.05) is 75.6 Å². The fourth-order valence-corrected chi connectivity index (χ4v) is 3.26. The normalized spacial score (nSPS) is 9.88. The number of rotatable bonds is 0. The molecule has 166 valence electrons. The van der Waals surface area contributed by atoms with Crippen LogP contribution in [-0.2, 0) is 0 Å². The van der Waals surface area contributed by atoms with Crippen LogP contribution in [0.15, 0.2) is 110 Å². The van der Waals surface area contributed by atoms with E-state index in [1.165, 1.54) is 0 Å². The van der Waals surface area contributed by atoms with Gasteiger partial charge in [0.15, 0.2) is 0 Å². The average Bonchev–Trinajstić information content (AvgIpc) is 2.86.